The average Bonchev–Trinajstić information content (AvgIpc) is 2.90. The van der Waals surface area contributed by atoms with E-state index in [0.29, 0.717) is 6.04 Å². The third kappa shape index (κ3) is 2.10. The van der Waals surface area contributed by atoms with Crippen LogP contribution in [0.5, 0.6) is 0 Å². The Balaban J connectivity index is 1.90. The standard InChI is InChI=1S/C11H22N2O/c1-3-13(10-6-12-7-10)11(8-14-2)9-4-5-9/h9-12H,3-8H2,1-2H3. The number of rotatable bonds is 6. The van der Waals surface area contributed by atoms with Gasteiger partial charge in [0.25, 0.3) is 0 Å². The second kappa shape index (κ2) is 4.60. The SMILES string of the molecule is CCN(C1CNC1)C(COC)C1CC1. The molecular weight excluding hydrogens is 176 g/mol. The van der Waals surface area contributed by atoms with Crippen LogP contribution in [0.25, 0.3) is 0 Å². The number of methoxy groups -OCH3 is 1. The summed E-state index contributed by atoms with van der Waals surface area (Å²) in [6.45, 7) is 6.68. The zero-order valence-corrected chi connectivity index (χ0v) is 9.33. The highest BCUT2D eigenvalue weighted by Gasteiger charge is 2.38. The van der Waals surface area contributed by atoms with E-state index in [-0.39, 0.29) is 0 Å². The Morgan fingerprint density at radius 1 is 1.43 bits per heavy atom. The van der Waals surface area contributed by atoms with Crippen molar-refractivity contribution in [2.75, 3.05) is 33.4 Å². The Kier molecular flexibility index (Phi) is 3.42. The van der Waals surface area contributed by atoms with Crippen LogP contribution in [0.1, 0.15) is 19.8 Å². The van der Waals surface area contributed by atoms with Gasteiger partial charge in [-0.15, -0.1) is 0 Å². The van der Waals surface area contributed by atoms with Crippen LogP contribution in [-0.2, 0) is 4.74 Å². The summed E-state index contributed by atoms with van der Waals surface area (Å²) in [4.78, 5) is 2.64. The highest BCUT2D eigenvalue weighted by Crippen LogP contribution is 2.36. The van der Waals surface area contributed by atoms with Crippen molar-refractivity contribution >= 4 is 0 Å². The Labute approximate surface area is 86.8 Å². The Morgan fingerprint density at radius 2 is 2.14 bits per heavy atom. The molecular formula is C11H22N2O. The zero-order valence-electron chi connectivity index (χ0n) is 9.33. The van der Waals surface area contributed by atoms with Gasteiger partial charge in [-0.1, -0.05) is 6.92 Å². The zero-order chi connectivity index (χ0) is 9.97. The van der Waals surface area contributed by atoms with Crippen molar-refractivity contribution in [3.63, 3.8) is 0 Å². The van der Waals surface area contributed by atoms with Gasteiger partial charge in [0.2, 0.25) is 0 Å². The van der Waals surface area contributed by atoms with Gasteiger partial charge >= 0.3 is 0 Å². The summed E-state index contributed by atoms with van der Waals surface area (Å²) >= 11 is 0. The molecule has 2 fully saturated rings. The summed E-state index contributed by atoms with van der Waals surface area (Å²) in [5.41, 5.74) is 0. The van der Waals surface area contributed by atoms with Crippen LogP contribution in [-0.4, -0.2) is 50.3 Å². The normalized spacial score (nSPS) is 25.1. The van der Waals surface area contributed by atoms with E-state index in [4.69, 9.17) is 4.74 Å². The van der Waals surface area contributed by atoms with E-state index in [9.17, 15) is 0 Å². The van der Waals surface area contributed by atoms with Gasteiger partial charge in [0.15, 0.2) is 0 Å². The lowest BCUT2D eigenvalue weighted by Gasteiger charge is -2.42. The molecule has 82 valence electrons. The van der Waals surface area contributed by atoms with E-state index in [1.807, 2.05) is 7.11 Å². The molecule has 0 amide bonds. The predicted octanol–water partition coefficient (Wildman–Crippen LogP) is 0.705. The molecule has 2 rings (SSSR count). The number of nitrogens with zero attached hydrogens (tertiary/aromatic N) is 1. The molecule has 1 heterocycles. The van der Waals surface area contributed by atoms with Crippen molar-refractivity contribution in [1.82, 2.24) is 10.2 Å². The predicted molar refractivity (Wildman–Crippen MR) is 57.4 cm³/mol. The number of hydrogen-bond donors (Lipinski definition) is 1. The molecule has 1 saturated carbocycles. The molecule has 1 aliphatic heterocycles. The van der Waals surface area contributed by atoms with Crippen LogP contribution < -0.4 is 5.32 Å². The molecule has 1 saturated heterocycles. The number of ether oxygens (including phenoxy) is 1. The summed E-state index contributed by atoms with van der Waals surface area (Å²) in [7, 11) is 1.82. The Bertz CT molecular complexity index is 178. The first-order valence-electron chi connectivity index (χ1n) is 5.82. The lowest BCUT2D eigenvalue weighted by atomic mass is 10.0. The highest BCUT2D eigenvalue weighted by atomic mass is 16.5. The molecule has 3 nitrogen and oxygen atoms in total. The fourth-order valence-electron chi connectivity index (χ4n) is 2.43. The van der Waals surface area contributed by atoms with Crippen molar-refractivity contribution in [2.24, 2.45) is 5.92 Å². The molecule has 0 bridgehead atoms. The van der Waals surface area contributed by atoms with E-state index in [2.05, 4.69) is 17.1 Å². The van der Waals surface area contributed by atoms with Gasteiger partial charge in [-0.2, -0.15) is 0 Å². The quantitative estimate of drug-likeness (QED) is 0.680. The largest absolute Gasteiger partial charge is 0.383 e. The van der Waals surface area contributed by atoms with Crippen molar-refractivity contribution in [1.29, 1.82) is 0 Å². The summed E-state index contributed by atoms with van der Waals surface area (Å²) in [6.07, 6.45) is 2.81. The van der Waals surface area contributed by atoms with Gasteiger partial charge in [-0.05, 0) is 25.3 Å². The van der Waals surface area contributed by atoms with Crippen molar-refractivity contribution < 1.29 is 4.74 Å². The van der Waals surface area contributed by atoms with E-state index < -0.39 is 0 Å². The first-order valence-corrected chi connectivity index (χ1v) is 5.82. The molecule has 1 unspecified atom stereocenters. The van der Waals surface area contributed by atoms with E-state index >= 15 is 0 Å². The van der Waals surface area contributed by atoms with Crippen LogP contribution in [0.4, 0.5) is 0 Å². The topological polar surface area (TPSA) is 24.5 Å². The van der Waals surface area contributed by atoms with E-state index in [1.54, 1.807) is 0 Å². The Hall–Kier alpha value is -0.120. The molecule has 0 aromatic rings. The molecule has 0 aromatic heterocycles. The molecule has 0 radical (unpaired) electrons. The third-order valence-corrected chi connectivity index (χ3v) is 3.52. The number of hydrogen-bond acceptors (Lipinski definition) is 3. The molecule has 1 N–H and O–H groups in total. The van der Waals surface area contributed by atoms with Gasteiger partial charge in [0.05, 0.1) is 6.61 Å². The minimum Gasteiger partial charge on any atom is -0.383 e. The van der Waals surface area contributed by atoms with Crippen LogP contribution in [0, 0.1) is 5.92 Å². The first-order chi connectivity index (χ1) is 6.86. The lowest BCUT2D eigenvalue weighted by molar-refractivity contribution is 0.0347. The third-order valence-electron chi connectivity index (χ3n) is 3.52. The molecule has 0 aromatic carbocycles. The first kappa shape index (κ1) is 10.4. The summed E-state index contributed by atoms with van der Waals surface area (Å²) in [5.74, 6) is 0.912. The highest BCUT2D eigenvalue weighted by molar-refractivity contribution is 4.94. The van der Waals surface area contributed by atoms with Crippen LogP contribution in [0.15, 0.2) is 0 Å². The van der Waals surface area contributed by atoms with Crippen LogP contribution in [0.3, 0.4) is 0 Å². The van der Waals surface area contributed by atoms with E-state index in [0.717, 1.165) is 25.1 Å². The second-order valence-electron chi connectivity index (χ2n) is 4.50. The second-order valence-corrected chi connectivity index (χ2v) is 4.50. The van der Waals surface area contributed by atoms with Crippen molar-refractivity contribution in [3.05, 3.63) is 0 Å². The maximum atomic E-state index is 5.34. The molecule has 14 heavy (non-hydrogen) atoms. The van der Waals surface area contributed by atoms with Crippen LogP contribution in [0.2, 0.25) is 0 Å². The number of likely N-dealkylation sites (N-methyl/N-ethyl adjacent to an activating group) is 1. The number of nitrogens with one attached hydrogen (secondary N) is 1. The van der Waals surface area contributed by atoms with Crippen LogP contribution >= 0.6 is 0 Å². The minimum absolute atomic E-state index is 0.678. The maximum absolute atomic E-state index is 5.34. The molecule has 3 heteroatoms. The van der Waals surface area contributed by atoms with Gasteiger partial charge in [-0.25, -0.2) is 0 Å². The molecule has 1 aliphatic carbocycles. The molecule has 0 spiro atoms. The van der Waals surface area contributed by atoms with Crippen molar-refractivity contribution in [2.45, 2.75) is 31.8 Å². The van der Waals surface area contributed by atoms with Gasteiger partial charge in [-0.3, -0.25) is 4.90 Å². The molecule has 1 atom stereocenters. The van der Waals surface area contributed by atoms with E-state index in [1.165, 1.54) is 25.9 Å². The fraction of sp³-hybridized carbons (Fsp3) is 1.00. The monoisotopic (exact) mass is 198 g/mol. The minimum atomic E-state index is 0.678. The summed E-state index contributed by atoms with van der Waals surface area (Å²) in [6, 6.07) is 1.44. The smallest absolute Gasteiger partial charge is 0.0620 e. The lowest BCUT2D eigenvalue weighted by Crippen LogP contribution is -2.61. The van der Waals surface area contributed by atoms with Crippen molar-refractivity contribution in [3.8, 4) is 0 Å². The average molecular weight is 198 g/mol. The fourth-order valence-corrected chi connectivity index (χ4v) is 2.43. The maximum Gasteiger partial charge on any atom is 0.0620 e. The Morgan fingerprint density at radius 3 is 2.50 bits per heavy atom. The van der Waals surface area contributed by atoms with Gasteiger partial charge in [0, 0.05) is 32.3 Å². The molecule has 2 aliphatic rings. The summed E-state index contributed by atoms with van der Waals surface area (Å²) in [5, 5.41) is 3.35. The van der Waals surface area contributed by atoms with Gasteiger partial charge < -0.3 is 10.1 Å². The van der Waals surface area contributed by atoms with Gasteiger partial charge in [0.1, 0.15) is 0 Å². The summed E-state index contributed by atoms with van der Waals surface area (Å²) < 4.78 is 5.34.